The van der Waals surface area contributed by atoms with E-state index in [1.54, 1.807) is 16.7 Å². The molecule has 1 aromatic heterocycles. The lowest BCUT2D eigenvalue weighted by atomic mass is 9.87. The highest BCUT2D eigenvalue weighted by Gasteiger charge is 2.22. The fourth-order valence-electron chi connectivity index (χ4n) is 3.08. The number of aromatic nitrogens is 1. The zero-order chi connectivity index (χ0) is 9.54. The van der Waals surface area contributed by atoms with Crippen molar-refractivity contribution in [2.24, 2.45) is 0 Å². The average molecular weight is 187 g/mol. The summed E-state index contributed by atoms with van der Waals surface area (Å²) in [6.07, 6.45) is 9.21. The Balaban J connectivity index is 2.22. The second-order valence-corrected chi connectivity index (χ2v) is 4.64. The third kappa shape index (κ3) is 1.11. The van der Waals surface area contributed by atoms with Crippen LogP contribution >= 0.6 is 0 Å². The molecule has 0 bridgehead atoms. The number of nitrogens with zero attached hydrogens (tertiary/aromatic N) is 1. The molecule has 1 nitrogen and oxygen atoms in total. The van der Waals surface area contributed by atoms with Crippen LogP contribution in [0.1, 0.15) is 47.3 Å². The van der Waals surface area contributed by atoms with Gasteiger partial charge in [-0.15, -0.1) is 0 Å². The summed E-state index contributed by atoms with van der Waals surface area (Å²) in [6.45, 7) is 2.20. The van der Waals surface area contributed by atoms with Gasteiger partial charge in [0.2, 0.25) is 0 Å². The lowest BCUT2D eigenvalue weighted by molar-refractivity contribution is 0.670. The normalized spacial score (nSPS) is 19.2. The van der Waals surface area contributed by atoms with E-state index < -0.39 is 0 Å². The Hall–Kier alpha value is -0.850. The standard InChI is InChI=1S/C13H17N/c1-9-10-5-2-3-6-11(10)12-7-4-8-13(12)14-9/h2-8H2,1H3. The largest absolute Gasteiger partial charge is 0.258 e. The van der Waals surface area contributed by atoms with E-state index in [0.717, 1.165) is 0 Å². The van der Waals surface area contributed by atoms with Crippen molar-refractivity contribution in [2.45, 2.75) is 51.9 Å². The van der Waals surface area contributed by atoms with Crippen LogP contribution in [0.2, 0.25) is 0 Å². The van der Waals surface area contributed by atoms with Gasteiger partial charge in [-0.25, -0.2) is 0 Å². The Bertz CT molecular complexity index is 376. The summed E-state index contributed by atoms with van der Waals surface area (Å²) in [5.41, 5.74) is 7.65. The fourth-order valence-corrected chi connectivity index (χ4v) is 3.08. The molecule has 2 aliphatic carbocycles. The highest BCUT2D eigenvalue weighted by atomic mass is 14.7. The molecule has 0 spiro atoms. The minimum Gasteiger partial charge on any atom is -0.258 e. The number of aryl methyl sites for hydroxylation is 2. The van der Waals surface area contributed by atoms with E-state index in [9.17, 15) is 0 Å². The third-order valence-electron chi connectivity index (χ3n) is 3.76. The Morgan fingerprint density at radius 3 is 2.36 bits per heavy atom. The summed E-state index contributed by atoms with van der Waals surface area (Å²) in [6, 6.07) is 0. The van der Waals surface area contributed by atoms with E-state index >= 15 is 0 Å². The molecule has 0 aromatic carbocycles. The van der Waals surface area contributed by atoms with Crippen LogP contribution in [0.4, 0.5) is 0 Å². The topological polar surface area (TPSA) is 12.9 Å². The second-order valence-electron chi connectivity index (χ2n) is 4.64. The Morgan fingerprint density at radius 2 is 1.50 bits per heavy atom. The van der Waals surface area contributed by atoms with Gasteiger partial charge in [0.25, 0.3) is 0 Å². The number of hydrogen-bond donors (Lipinski definition) is 0. The molecule has 0 saturated carbocycles. The van der Waals surface area contributed by atoms with Gasteiger partial charge in [-0.05, 0) is 68.6 Å². The van der Waals surface area contributed by atoms with Crippen molar-refractivity contribution in [3.8, 4) is 0 Å². The molecule has 1 heteroatoms. The Labute approximate surface area is 85.6 Å². The smallest absolute Gasteiger partial charge is 0.0441 e. The van der Waals surface area contributed by atoms with Crippen molar-refractivity contribution < 1.29 is 0 Å². The van der Waals surface area contributed by atoms with Crippen LogP contribution in [0.5, 0.6) is 0 Å². The van der Waals surface area contributed by atoms with Crippen molar-refractivity contribution in [3.05, 3.63) is 28.1 Å². The quantitative estimate of drug-likeness (QED) is 0.608. The van der Waals surface area contributed by atoms with Crippen LogP contribution in [0.25, 0.3) is 0 Å². The number of hydrogen-bond acceptors (Lipinski definition) is 1. The first-order valence-corrected chi connectivity index (χ1v) is 5.86. The van der Waals surface area contributed by atoms with E-state index in [1.165, 1.54) is 56.3 Å². The van der Waals surface area contributed by atoms with Gasteiger partial charge in [-0.1, -0.05) is 0 Å². The second kappa shape index (κ2) is 3.08. The molecular weight excluding hydrogens is 170 g/mol. The van der Waals surface area contributed by atoms with Gasteiger partial charge in [-0.3, -0.25) is 4.98 Å². The Morgan fingerprint density at radius 1 is 0.786 bits per heavy atom. The highest BCUT2D eigenvalue weighted by Crippen LogP contribution is 2.32. The summed E-state index contributed by atoms with van der Waals surface area (Å²) in [5, 5.41) is 0. The van der Waals surface area contributed by atoms with Crippen molar-refractivity contribution in [1.82, 2.24) is 4.98 Å². The fraction of sp³-hybridized carbons (Fsp3) is 0.615. The number of rotatable bonds is 0. The van der Waals surface area contributed by atoms with E-state index in [-0.39, 0.29) is 0 Å². The van der Waals surface area contributed by atoms with Gasteiger partial charge >= 0.3 is 0 Å². The zero-order valence-electron chi connectivity index (χ0n) is 8.90. The highest BCUT2D eigenvalue weighted by molar-refractivity contribution is 5.43. The van der Waals surface area contributed by atoms with E-state index in [0.29, 0.717) is 0 Å². The molecule has 2 aliphatic rings. The van der Waals surface area contributed by atoms with Crippen LogP contribution in [0.15, 0.2) is 0 Å². The Kier molecular flexibility index (Phi) is 1.86. The number of fused-ring (bicyclic) bond motifs is 3. The molecule has 0 unspecified atom stereocenters. The molecule has 0 radical (unpaired) electrons. The summed E-state index contributed by atoms with van der Waals surface area (Å²) in [4.78, 5) is 4.77. The average Bonchev–Trinajstić information content (AvgIpc) is 2.66. The lowest BCUT2D eigenvalue weighted by Gasteiger charge is -2.20. The first kappa shape index (κ1) is 8.46. The molecule has 0 atom stereocenters. The van der Waals surface area contributed by atoms with Crippen molar-refractivity contribution in [3.63, 3.8) is 0 Å². The SMILES string of the molecule is Cc1nc2c(c3c1CCCC3)CCC2. The predicted octanol–water partition coefficient (Wildman–Crippen LogP) is 2.76. The van der Waals surface area contributed by atoms with E-state index in [2.05, 4.69) is 6.92 Å². The molecule has 0 amide bonds. The zero-order valence-corrected chi connectivity index (χ0v) is 8.90. The molecule has 14 heavy (non-hydrogen) atoms. The molecule has 1 aromatic rings. The molecule has 3 rings (SSSR count). The summed E-state index contributed by atoms with van der Waals surface area (Å²) in [5.74, 6) is 0. The monoisotopic (exact) mass is 187 g/mol. The maximum Gasteiger partial charge on any atom is 0.0441 e. The van der Waals surface area contributed by atoms with Gasteiger partial charge in [0.05, 0.1) is 0 Å². The van der Waals surface area contributed by atoms with Crippen molar-refractivity contribution in [1.29, 1.82) is 0 Å². The van der Waals surface area contributed by atoms with Crippen LogP contribution in [-0.2, 0) is 25.7 Å². The minimum atomic E-state index is 1.23. The van der Waals surface area contributed by atoms with E-state index in [4.69, 9.17) is 4.98 Å². The number of pyridine rings is 1. The van der Waals surface area contributed by atoms with Crippen molar-refractivity contribution in [2.75, 3.05) is 0 Å². The van der Waals surface area contributed by atoms with Crippen LogP contribution < -0.4 is 0 Å². The van der Waals surface area contributed by atoms with Gasteiger partial charge < -0.3 is 0 Å². The molecule has 0 aliphatic heterocycles. The molecular formula is C13H17N. The minimum absolute atomic E-state index is 1.23. The first-order valence-electron chi connectivity index (χ1n) is 5.86. The van der Waals surface area contributed by atoms with Crippen LogP contribution in [0, 0.1) is 6.92 Å². The third-order valence-corrected chi connectivity index (χ3v) is 3.76. The molecule has 0 saturated heterocycles. The molecule has 74 valence electrons. The maximum absolute atomic E-state index is 4.77. The van der Waals surface area contributed by atoms with Gasteiger partial charge in [0, 0.05) is 11.4 Å². The van der Waals surface area contributed by atoms with Gasteiger partial charge in [0.15, 0.2) is 0 Å². The lowest BCUT2D eigenvalue weighted by Crippen LogP contribution is -2.10. The van der Waals surface area contributed by atoms with Crippen LogP contribution in [-0.4, -0.2) is 4.98 Å². The van der Waals surface area contributed by atoms with E-state index in [1.807, 2.05) is 0 Å². The molecule has 0 N–H and O–H groups in total. The van der Waals surface area contributed by atoms with Crippen LogP contribution in [0.3, 0.4) is 0 Å². The van der Waals surface area contributed by atoms with Crippen molar-refractivity contribution >= 4 is 0 Å². The predicted molar refractivity (Wildman–Crippen MR) is 57.6 cm³/mol. The summed E-state index contributed by atoms with van der Waals surface area (Å²) >= 11 is 0. The molecule has 1 heterocycles. The summed E-state index contributed by atoms with van der Waals surface area (Å²) < 4.78 is 0. The first-order chi connectivity index (χ1) is 6.86. The van der Waals surface area contributed by atoms with Gasteiger partial charge in [-0.2, -0.15) is 0 Å². The molecule has 0 fully saturated rings. The van der Waals surface area contributed by atoms with Gasteiger partial charge in [0.1, 0.15) is 0 Å². The maximum atomic E-state index is 4.77. The summed E-state index contributed by atoms with van der Waals surface area (Å²) in [7, 11) is 0.